The first-order valence-corrected chi connectivity index (χ1v) is 5.78. The Bertz CT molecular complexity index is 750. The summed E-state index contributed by atoms with van der Waals surface area (Å²) in [5.41, 5.74) is -0.621. The maximum atomic E-state index is 12.3. The van der Waals surface area contributed by atoms with Crippen LogP contribution in [0.25, 0.3) is 0 Å². The van der Waals surface area contributed by atoms with Crippen molar-refractivity contribution in [3.63, 3.8) is 0 Å². The molecule has 2 aromatic rings. The standard InChI is InChI=1S/C14H12O7/c1-5-4-7(12(19)14(21)9(5)16)10(17)6-2-3-8(15)13(20)11(6)18/h2-4,15-16,18-21H,1H3. The Hall–Kier alpha value is -3.09. The van der Waals surface area contributed by atoms with Crippen molar-refractivity contribution in [3.05, 3.63) is 34.9 Å². The number of carbonyl (C=O) groups is 1. The van der Waals surface area contributed by atoms with Crippen LogP contribution in [0.1, 0.15) is 21.5 Å². The van der Waals surface area contributed by atoms with Gasteiger partial charge in [-0.15, -0.1) is 0 Å². The highest BCUT2D eigenvalue weighted by Gasteiger charge is 2.24. The second-order valence-corrected chi connectivity index (χ2v) is 4.45. The lowest BCUT2D eigenvalue weighted by molar-refractivity contribution is 0.103. The van der Waals surface area contributed by atoms with Gasteiger partial charge in [0.25, 0.3) is 0 Å². The zero-order chi connectivity index (χ0) is 15.9. The van der Waals surface area contributed by atoms with E-state index in [1.54, 1.807) is 0 Å². The van der Waals surface area contributed by atoms with E-state index in [9.17, 15) is 35.4 Å². The second kappa shape index (κ2) is 4.78. The van der Waals surface area contributed by atoms with Crippen molar-refractivity contribution in [1.82, 2.24) is 0 Å². The number of rotatable bonds is 2. The van der Waals surface area contributed by atoms with Gasteiger partial charge in [0.15, 0.2) is 23.0 Å². The highest BCUT2D eigenvalue weighted by Crippen LogP contribution is 2.43. The zero-order valence-electron chi connectivity index (χ0n) is 10.8. The van der Waals surface area contributed by atoms with Crippen LogP contribution < -0.4 is 0 Å². The fourth-order valence-corrected chi connectivity index (χ4v) is 1.85. The number of phenolic OH excluding ortho intramolecular Hbond substituents is 6. The van der Waals surface area contributed by atoms with Crippen LogP contribution >= 0.6 is 0 Å². The van der Waals surface area contributed by atoms with E-state index in [-0.39, 0.29) is 16.7 Å². The van der Waals surface area contributed by atoms with E-state index in [1.807, 2.05) is 0 Å². The van der Waals surface area contributed by atoms with Crippen molar-refractivity contribution in [2.75, 3.05) is 0 Å². The smallest absolute Gasteiger partial charge is 0.201 e. The van der Waals surface area contributed by atoms with E-state index in [4.69, 9.17) is 0 Å². The van der Waals surface area contributed by atoms with Crippen LogP contribution in [-0.2, 0) is 0 Å². The molecule has 0 spiro atoms. The lowest BCUT2D eigenvalue weighted by atomic mass is 9.98. The summed E-state index contributed by atoms with van der Waals surface area (Å²) in [6, 6.07) is 3.16. The van der Waals surface area contributed by atoms with Crippen molar-refractivity contribution in [2.45, 2.75) is 6.92 Å². The molecular weight excluding hydrogens is 280 g/mol. The summed E-state index contributed by atoms with van der Waals surface area (Å²) < 4.78 is 0. The van der Waals surface area contributed by atoms with Crippen LogP contribution in [0.3, 0.4) is 0 Å². The molecule has 0 saturated carbocycles. The van der Waals surface area contributed by atoms with Gasteiger partial charge in [-0.2, -0.15) is 0 Å². The van der Waals surface area contributed by atoms with Gasteiger partial charge in [-0.25, -0.2) is 0 Å². The third kappa shape index (κ3) is 2.14. The minimum absolute atomic E-state index is 0.135. The Morgan fingerprint density at radius 3 is 1.95 bits per heavy atom. The Labute approximate surface area is 118 Å². The number of benzene rings is 2. The Morgan fingerprint density at radius 2 is 1.33 bits per heavy atom. The highest BCUT2D eigenvalue weighted by molar-refractivity contribution is 6.13. The number of aryl methyl sites for hydroxylation is 1. The van der Waals surface area contributed by atoms with Crippen molar-refractivity contribution in [2.24, 2.45) is 0 Å². The summed E-state index contributed by atoms with van der Waals surface area (Å²) in [4.78, 5) is 12.3. The average molecular weight is 292 g/mol. The fraction of sp³-hybridized carbons (Fsp3) is 0.0714. The number of ketones is 1. The van der Waals surface area contributed by atoms with Gasteiger partial charge < -0.3 is 30.6 Å². The first kappa shape index (κ1) is 14.3. The number of carbonyl (C=O) groups excluding carboxylic acids is 1. The number of phenols is 6. The summed E-state index contributed by atoms with van der Waals surface area (Å²) in [5, 5.41) is 57.0. The van der Waals surface area contributed by atoms with Gasteiger partial charge in [0.2, 0.25) is 17.3 Å². The second-order valence-electron chi connectivity index (χ2n) is 4.45. The molecule has 7 heteroatoms. The zero-order valence-corrected chi connectivity index (χ0v) is 10.8. The molecule has 2 aromatic carbocycles. The van der Waals surface area contributed by atoms with Crippen LogP contribution in [-0.4, -0.2) is 36.4 Å². The fourth-order valence-electron chi connectivity index (χ4n) is 1.85. The van der Waals surface area contributed by atoms with E-state index >= 15 is 0 Å². The molecular formula is C14H12O7. The Balaban J connectivity index is 2.64. The monoisotopic (exact) mass is 292 g/mol. The van der Waals surface area contributed by atoms with E-state index < -0.39 is 40.3 Å². The van der Waals surface area contributed by atoms with Gasteiger partial charge >= 0.3 is 0 Å². The largest absolute Gasteiger partial charge is 0.504 e. The molecule has 2 rings (SSSR count). The molecule has 0 fully saturated rings. The van der Waals surface area contributed by atoms with Crippen LogP contribution in [0.5, 0.6) is 34.5 Å². The van der Waals surface area contributed by atoms with Crippen molar-refractivity contribution in [1.29, 1.82) is 0 Å². The number of hydrogen-bond donors (Lipinski definition) is 6. The van der Waals surface area contributed by atoms with E-state index in [0.717, 1.165) is 18.2 Å². The lowest BCUT2D eigenvalue weighted by Gasteiger charge is -2.11. The highest BCUT2D eigenvalue weighted by atomic mass is 16.3. The molecule has 0 radical (unpaired) electrons. The van der Waals surface area contributed by atoms with Crippen LogP contribution in [0.2, 0.25) is 0 Å². The summed E-state index contributed by atoms with van der Waals surface area (Å²) in [7, 11) is 0. The molecule has 6 N–H and O–H groups in total. The topological polar surface area (TPSA) is 138 Å². The van der Waals surface area contributed by atoms with Gasteiger partial charge in [0.1, 0.15) is 0 Å². The molecule has 0 aromatic heterocycles. The SMILES string of the molecule is Cc1cc(C(=O)c2ccc(O)c(O)c2O)c(O)c(O)c1O. The van der Waals surface area contributed by atoms with Crippen LogP contribution in [0.4, 0.5) is 0 Å². The van der Waals surface area contributed by atoms with Crippen molar-refractivity contribution >= 4 is 5.78 Å². The maximum Gasteiger partial charge on any atom is 0.201 e. The molecule has 110 valence electrons. The molecule has 0 saturated heterocycles. The Kier molecular flexibility index (Phi) is 3.26. The molecule has 0 amide bonds. The van der Waals surface area contributed by atoms with Gasteiger partial charge in [-0.1, -0.05) is 0 Å². The lowest BCUT2D eigenvalue weighted by Crippen LogP contribution is -2.03. The van der Waals surface area contributed by atoms with E-state index in [2.05, 4.69) is 0 Å². The molecule has 0 heterocycles. The summed E-state index contributed by atoms with van der Waals surface area (Å²) >= 11 is 0. The molecule has 0 unspecified atom stereocenters. The summed E-state index contributed by atoms with van der Waals surface area (Å²) in [6.45, 7) is 1.40. The molecule has 0 bridgehead atoms. The predicted molar refractivity (Wildman–Crippen MR) is 71.0 cm³/mol. The molecule has 21 heavy (non-hydrogen) atoms. The van der Waals surface area contributed by atoms with Crippen molar-refractivity contribution in [3.8, 4) is 34.5 Å². The first-order chi connectivity index (χ1) is 9.75. The number of aromatic hydroxyl groups is 6. The van der Waals surface area contributed by atoms with Crippen LogP contribution in [0.15, 0.2) is 18.2 Å². The molecule has 0 aliphatic carbocycles. The molecule has 0 atom stereocenters. The number of hydrogen-bond acceptors (Lipinski definition) is 7. The van der Waals surface area contributed by atoms with E-state index in [1.165, 1.54) is 6.92 Å². The minimum atomic E-state index is -0.904. The summed E-state index contributed by atoms with van der Waals surface area (Å²) in [5.74, 6) is -5.53. The first-order valence-electron chi connectivity index (χ1n) is 5.78. The molecule has 7 nitrogen and oxygen atoms in total. The van der Waals surface area contributed by atoms with Crippen LogP contribution in [0, 0.1) is 6.92 Å². The molecule has 0 aliphatic rings. The normalized spacial score (nSPS) is 10.5. The van der Waals surface area contributed by atoms with Crippen molar-refractivity contribution < 1.29 is 35.4 Å². The van der Waals surface area contributed by atoms with E-state index in [0.29, 0.717) is 0 Å². The minimum Gasteiger partial charge on any atom is -0.504 e. The van der Waals surface area contributed by atoms with Gasteiger partial charge in [-0.05, 0) is 30.7 Å². The van der Waals surface area contributed by atoms with Gasteiger partial charge in [-0.3, -0.25) is 4.79 Å². The quantitative estimate of drug-likeness (QED) is 0.364. The van der Waals surface area contributed by atoms with Gasteiger partial charge in [0.05, 0.1) is 11.1 Å². The summed E-state index contributed by atoms with van der Waals surface area (Å²) in [6.07, 6.45) is 0. The molecule has 0 aliphatic heterocycles. The predicted octanol–water partition coefficient (Wildman–Crippen LogP) is 1.46. The van der Waals surface area contributed by atoms with Gasteiger partial charge in [0, 0.05) is 0 Å². The maximum absolute atomic E-state index is 12.3. The Morgan fingerprint density at radius 1 is 0.762 bits per heavy atom. The third-order valence-corrected chi connectivity index (χ3v) is 3.06. The average Bonchev–Trinajstić information content (AvgIpc) is 2.46. The third-order valence-electron chi connectivity index (χ3n) is 3.06.